The zero-order valence-corrected chi connectivity index (χ0v) is 22.4. The fourth-order valence-electron chi connectivity index (χ4n) is 4.24. The Labute approximate surface area is 220 Å². The molecule has 0 atom stereocenters. The summed E-state index contributed by atoms with van der Waals surface area (Å²) < 4.78 is 59.0. The zero-order chi connectivity index (χ0) is 27.7. The van der Waals surface area contributed by atoms with Crippen molar-refractivity contribution in [3.63, 3.8) is 0 Å². The molecule has 0 aliphatic carbocycles. The summed E-state index contributed by atoms with van der Waals surface area (Å²) in [4.78, 5) is 17.6. The number of rotatable bonds is 9. The first kappa shape index (κ1) is 27.3. The van der Waals surface area contributed by atoms with Gasteiger partial charge < -0.3 is 14.6 Å². The van der Waals surface area contributed by atoms with Crippen LogP contribution < -0.4 is 10.1 Å². The molecule has 4 aromatic rings. The average molecular weight is 542 g/mol. The molecule has 1 aromatic heterocycles. The van der Waals surface area contributed by atoms with Crippen LogP contribution in [0.1, 0.15) is 39.1 Å². The van der Waals surface area contributed by atoms with E-state index < -0.39 is 27.1 Å². The van der Waals surface area contributed by atoms with Crippen LogP contribution in [0, 0.1) is 11.6 Å². The summed E-state index contributed by atoms with van der Waals surface area (Å²) in [6.45, 7) is 7.72. The number of aryl methyl sites for hydroxylation is 1. The van der Waals surface area contributed by atoms with Gasteiger partial charge in [-0.1, -0.05) is 19.1 Å². The standard InChI is InChI=1S/C28H29F2N3O4S/c1-5-33-25-14-9-19(31-26(34)15-18-7-11-21(12-8-18)38(35,36)6-2)16-24(25)32-27(33)28(3,4)37-20-10-13-22(29)23(30)17-20/h7-14,16-17H,5-6,15H2,1-4H3,(H,31,34). The van der Waals surface area contributed by atoms with Gasteiger partial charge in [0, 0.05) is 18.3 Å². The van der Waals surface area contributed by atoms with Gasteiger partial charge in [0.1, 0.15) is 5.75 Å². The second kappa shape index (κ2) is 10.5. The van der Waals surface area contributed by atoms with Gasteiger partial charge in [0.05, 0.1) is 28.1 Å². The van der Waals surface area contributed by atoms with Gasteiger partial charge in [-0.2, -0.15) is 0 Å². The average Bonchev–Trinajstić information content (AvgIpc) is 3.25. The molecule has 0 bridgehead atoms. The maximum atomic E-state index is 13.7. The lowest BCUT2D eigenvalue weighted by Gasteiger charge is -2.26. The molecule has 0 saturated heterocycles. The lowest BCUT2D eigenvalue weighted by molar-refractivity contribution is -0.115. The fourth-order valence-corrected chi connectivity index (χ4v) is 5.12. The summed E-state index contributed by atoms with van der Waals surface area (Å²) >= 11 is 0. The smallest absolute Gasteiger partial charge is 0.228 e. The number of imidazole rings is 1. The van der Waals surface area contributed by atoms with Crippen LogP contribution >= 0.6 is 0 Å². The van der Waals surface area contributed by atoms with Crippen LogP contribution in [0.3, 0.4) is 0 Å². The molecule has 10 heteroatoms. The Bertz CT molecular complexity index is 1600. The Morgan fingerprint density at radius 1 is 1.00 bits per heavy atom. The Hall–Kier alpha value is -3.79. The number of fused-ring (bicyclic) bond motifs is 1. The summed E-state index contributed by atoms with van der Waals surface area (Å²) in [6, 6.07) is 15.1. The molecule has 3 aromatic carbocycles. The first-order chi connectivity index (χ1) is 17.9. The topological polar surface area (TPSA) is 90.3 Å². The first-order valence-electron chi connectivity index (χ1n) is 12.2. The van der Waals surface area contributed by atoms with Crippen molar-refractivity contribution in [2.24, 2.45) is 0 Å². The number of anilines is 1. The number of hydrogen-bond acceptors (Lipinski definition) is 5. The van der Waals surface area contributed by atoms with Gasteiger partial charge in [0.2, 0.25) is 5.91 Å². The summed E-state index contributed by atoms with van der Waals surface area (Å²) in [5.74, 6) is -1.43. The van der Waals surface area contributed by atoms with Crippen molar-refractivity contribution in [2.45, 2.75) is 51.2 Å². The van der Waals surface area contributed by atoms with E-state index in [0.29, 0.717) is 29.1 Å². The van der Waals surface area contributed by atoms with Crippen molar-refractivity contribution in [1.29, 1.82) is 0 Å². The predicted molar refractivity (Wildman–Crippen MR) is 142 cm³/mol. The minimum atomic E-state index is -3.30. The summed E-state index contributed by atoms with van der Waals surface area (Å²) in [6.07, 6.45) is 0.0776. The summed E-state index contributed by atoms with van der Waals surface area (Å²) in [5.41, 5.74) is 1.73. The van der Waals surface area contributed by atoms with E-state index in [4.69, 9.17) is 9.72 Å². The van der Waals surface area contributed by atoms with Gasteiger partial charge in [-0.3, -0.25) is 4.79 Å². The minimum Gasteiger partial charge on any atom is -0.480 e. The molecular weight excluding hydrogens is 512 g/mol. The van der Waals surface area contributed by atoms with Crippen LogP contribution in [0.25, 0.3) is 11.0 Å². The molecule has 200 valence electrons. The third kappa shape index (κ3) is 5.70. The molecule has 0 saturated carbocycles. The van der Waals surface area contributed by atoms with E-state index in [1.54, 1.807) is 45.0 Å². The number of nitrogens with one attached hydrogen (secondary N) is 1. The van der Waals surface area contributed by atoms with Gasteiger partial charge in [-0.05, 0) is 68.8 Å². The fraction of sp³-hybridized carbons (Fsp3) is 0.286. The number of amides is 1. The van der Waals surface area contributed by atoms with E-state index in [0.717, 1.165) is 17.6 Å². The highest BCUT2D eigenvalue weighted by Crippen LogP contribution is 2.31. The largest absolute Gasteiger partial charge is 0.480 e. The number of nitrogens with zero attached hydrogens (tertiary/aromatic N) is 2. The molecule has 1 amide bonds. The molecule has 0 radical (unpaired) electrons. The molecular formula is C28H29F2N3O4S. The van der Waals surface area contributed by atoms with Crippen molar-refractivity contribution in [3.8, 4) is 5.75 Å². The van der Waals surface area contributed by atoms with E-state index in [-0.39, 0.29) is 28.7 Å². The summed E-state index contributed by atoms with van der Waals surface area (Å²) in [5, 5.41) is 2.86. The Morgan fingerprint density at radius 2 is 1.71 bits per heavy atom. The van der Waals surface area contributed by atoms with Gasteiger partial charge in [-0.25, -0.2) is 22.2 Å². The minimum absolute atomic E-state index is 0.0128. The second-order valence-corrected chi connectivity index (χ2v) is 11.6. The molecule has 0 spiro atoms. The number of halogens is 2. The van der Waals surface area contributed by atoms with E-state index >= 15 is 0 Å². The van der Waals surface area contributed by atoms with Gasteiger partial charge in [0.15, 0.2) is 32.9 Å². The molecule has 1 heterocycles. The Morgan fingerprint density at radius 3 is 2.34 bits per heavy atom. The normalized spacial score (nSPS) is 12.1. The highest BCUT2D eigenvalue weighted by Gasteiger charge is 2.30. The molecule has 1 N–H and O–H groups in total. The van der Waals surface area contributed by atoms with Crippen molar-refractivity contribution < 1.29 is 26.7 Å². The maximum Gasteiger partial charge on any atom is 0.228 e. The molecule has 0 aliphatic rings. The van der Waals surface area contributed by atoms with Gasteiger partial charge in [-0.15, -0.1) is 0 Å². The maximum absolute atomic E-state index is 13.7. The number of ether oxygens (including phenoxy) is 1. The third-order valence-corrected chi connectivity index (χ3v) is 7.93. The van der Waals surface area contributed by atoms with E-state index in [9.17, 15) is 22.0 Å². The molecule has 4 rings (SSSR count). The number of carbonyl (C=O) groups is 1. The van der Waals surface area contributed by atoms with Gasteiger partial charge in [0.25, 0.3) is 0 Å². The number of hydrogen-bond donors (Lipinski definition) is 1. The van der Waals surface area contributed by atoms with Crippen molar-refractivity contribution in [1.82, 2.24) is 9.55 Å². The second-order valence-electron chi connectivity index (χ2n) is 9.34. The van der Waals surface area contributed by atoms with E-state index in [2.05, 4.69) is 5.32 Å². The molecule has 0 aliphatic heterocycles. The van der Waals surface area contributed by atoms with Crippen LogP contribution in [0.2, 0.25) is 0 Å². The molecule has 0 fully saturated rings. The number of benzene rings is 3. The SMILES string of the molecule is CCn1c(C(C)(C)Oc2ccc(F)c(F)c2)nc2cc(NC(=O)Cc3ccc(S(=O)(=O)CC)cc3)ccc21. The number of aromatic nitrogens is 2. The van der Waals surface area contributed by atoms with E-state index in [1.807, 2.05) is 17.6 Å². The lowest BCUT2D eigenvalue weighted by atomic mass is 10.1. The van der Waals surface area contributed by atoms with E-state index in [1.165, 1.54) is 18.2 Å². The van der Waals surface area contributed by atoms with Crippen LogP contribution in [0.15, 0.2) is 65.6 Å². The van der Waals surface area contributed by atoms with Crippen molar-refractivity contribution in [3.05, 3.63) is 83.7 Å². The van der Waals surface area contributed by atoms with Crippen molar-refractivity contribution in [2.75, 3.05) is 11.1 Å². The highest BCUT2D eigenvalue weighted by atomic mass is 32.2. The molecule has 0 unspecified atom stereocenters. The Kier molecular flexibility index (Phi) is 7.55. The first-order valence-corrected chi connectivity index (χ1v) is 13.8. The molecule has 7 nitrogen and oxygen atoms in total. The number of carbonyl (C=O) groups excluding carboxylic acids is 1. The third-order valence-electron chi connectivity index (χ3n) is 6.18. The van der Waals surface area contributed by atoms with Crippen LogP contribution in [-0.4, -0.2) is 29.6 Å². The number of sulfone groups is 1. The summed E-state index contributed by atoms with van der Waals surface area (Å²) in [7, 11) is -3.30. The van der Waals surface area contributed by atoms with Crippen LogP contribution in [0.5, 0.6) is 5.75 Å². The van der Waals surface area contributed by atoms with Crippen LogP contribution in [-0.2, 0) is 33.2 Å². The van der Waals surface area contributed by atoms with Gasteiger partial charge >= 0.3 is 0 Å². The zero-order valence-electron chi connectivity index (χ0n) is 21.6. The Balaban J connectivity index is 1.53. The predicted octanol–water partition coefficient (Wildman–Crippen LogP) is 5.62. The van der Waals surface area contributed by atoms with Crippen molar-refractivity contribution >= 4 is 32.5 Å². The highest BCUT2D eigenvalue weighted by molar-refractivity contribution is 7.91. The van der Waals surface area contributed by atoms with Crippen LogP contribution in [0.4, 0.5) is 14.5 Å². The lowest BCUT2D eigenvalue weighted by Crippen LogP contribution is -2.29. The molecule has 38 heavy (non-hydrogen) atoms. The monoisotopic (exact) mass is 541 g/mol. The quantitative estimate of drug-likeness (QED) is 0.297.